The van der Waals surface area contributed by atoms with Crippen molar-refractivity contribution in [2.24, 2.45) is 0 Å². The topological polar surface area (TPSA) is 99.4 Å². The Labute approximate surface area is 155 Å². The lowest BCUT2D eigenvalue weighted by molar-refractivity contribution is -0.277. The first-order valence-electron chi connectivity index (χ1n) is 8.98. The van der Waals surface area contributed by atoms with E-state index in [-0.39, 0.29) is 10.8 Å². The number of hydrogen-bond donors (Lipinski definition) is 4. The molecule has 0 radical (unpaired) electrons. The fraction of sp³-hybridized carbons (Fsp3) is 0.700. The Balaban J connectivity index is 2.36. The first kappa shape index (κ1) is 21.1. The summed E-state index contributed by atoms with van der Waals surface area (Å²) in [7, 11) is 0. The number of benzene rings is 1. The average Bonchev–Trinajstić information content (AvgIpc) is 2.53. The highest BCUT2D eigenvalue weighted by Gasteiger charge is 2.44. The van der Waals surface area contributed by atoms with E-state index in [1.54, 1.807) is 0 Å². The van der Waals surface area contributed by atoms with E-state index in [0.717, 1.165) is 11.1 Å². The summed E-state index contributed by atoms with van der Waals surface area (Å²) < 4.78 is 11.3. The third-order valence-corrected chi connectivity index (χ3v) is 4.74. The van der Waals surface area contributed by atoms with E-state index < -0.39 is 37.3 Å². The summed E-state index contributed by atoms with van der Waals surface area (Å²) in [6.07, 6.45) is -6.47. The van der Waals surface area contributed by atoms with Crippen LogP contribution in [-0.4, -0.2) is 57.7 Å². The number of rotatable bonds is 3. The highest BCUT2D eigenvalue weighted by Crippen LogP contribution is 2.34. The Morgan fingerprint density at radius 3 is 1.77 bits per heavy atom. The molecule has 6 heteroatoms. The second kappa shape index (κ2) is 7.44. The van der Waals surface area contributed by atoms with Crippen LogP contribution in [0.5, 0.6) is 5.75 Å². The van der Waals surface area contributed by atoms with Gasteiger partial charge in [-0.05, 0) is 34.1 Å². The van der Waals surface area contributed by atoms with Gasteiger partial charge in [-0.3, -0.25) is 0 Å². The first-order valence-corrected chi connectivity index (χ1v) is 8.98. The van der Waals surface area contributed by atoms with Gasteiger partial charge in [0.05, 0.1) is 6.61 Å². The van der Waals surface area contributed by atoms with Crippen LogP contribution in [0.2, 0.25) is 0 Å². The minimum Gasteiger partial charge on any atom is -0.462 e. The van der Waals surface area contributed by atoms with E-state index in [1.807, 2.05) is 12.1 Å². The van der Waals surface area contributed by atoms with E-state index in [2.05, 4.69) is 47.6 Å². The van der Waals surface area contributed by atoms with Gasteiger partial charge in [0.25, 0.3) is 0 Å². The van der Waals surface area contributed by atoms with Crippen molar-refractivity contribution < 1.29 is 29.9 Å². The maximum absolute atomic E-state index is 10.2. The molecule has 1 heterocycles. The second-order valence-corrected chi connectivity index (χ2v) is 9.06. The van der Waals surface area contributed by atoms with Crippen LogP contribution in [0.15, 0.2) is 18.2 Å². The van der Waals surface area contributed by atoms with Gasteiger partial charge in [-0.2, -0.15) is 0 Å². The van der Waals surface area contributed by atoms with Gasteiger partial charge >= 0.3 is 0 Å². The summed E-state index contributed by atoms with van der Waals surface area (Å²) in [5.41, 5.74) is 1.94. The molecule has 0 unspecified atom stereocenters. The monoisotopic (exact) mass is 368 g/mol. The predicted molar refractivity (Wildman–Crippen MR) is 98.2 cm³/mol. The molecule has 0 spiro atoms. The largest absolute Gasteiger partial charge is 0.462 e. The molecule has 1 aromatic carbocycles. The molecule has 4 N–H and O–H groups in total. The Hall–Kier alpha value is -1.18. The number of hydrogen-bond acceptors (Lipinski definition) is 6. The van der Waals surface area contributed by atoms with Gasteiger partial charge in [0, 0.05) is 0 Å². The van der Waals surface area contributed by atoms with Crippen molar-refractivity contribution in [1.82, 2.24) is 0 Å². The van der Waals surface area contributed by atoms with Gasteiger partial charge in [-0.1, -0.05) is 47.6 Å². The fourth-order valence-corrected chi connectivity index (χ4v) is 2.83. The summed E-state index contributed by atoms with van der Waals surface area (Å²) in [5, 5.41) is 39.4. The molecule has 0 bridgehead atoms. The van der Waals surface area contributed by atoms with Gasteiger partial charge in [0.15, 0.2) is 0 Å². The van der Waals surface area contributed by atoms with Crippen molar-refractivity contribution in [3.05, 3.63) is 29.3 Å². The highest BCUT2D eigenvalue weighted by atomic mass is 16.7. The van der Waals surface area contributed by atoms with E-state index in [1.165, 1.54) is 0 Å². The predicted octanol–water partition coefficient (Wildman–Crippen LogP) is 1.46. The molecule has 1 aromatic rings. The van der Waals surface area contributed by atoms with Gasteiger partial charge in [0.1, 0.15) is 30.2 Å². The zero-order valence-corrected chi connectivity index (χ0v) is 16.4. The van der Waals surface area contributed by atoms with Crippen molar-refractivity contribution in [3.8, 4) is 5.75 Å². The van der Waals surface area contributed by atoms with Crippen LogP contribution < -0.4 is 4.74 Å². The molecule has 2 rings (SSSR count). The molecule has 1 aliphatic rings. The minimum absolute atomic E-state index is 0.102. The number of aliphatic hydroxyl groups is 4. The second-order valence-electron chi connectivity index (χ2n) is 9.06. The first-order chi connectivity index (χ1) is 11.8. The average molecular weight is 368 g/mol. The summed E-state index contributed by atoms with van der Waals surface area (Å²) in [6.45, 7) is 12.1. The van der Waals surface area contributed by atoms with Crippen molar-refractivity contribution >= 4 is 0 Å². The smallest absolute Gasteiger partial charge is 0.229 e. The van der Waals surface area contributed by atoms with Crippen LogP contribution in [0.3, 0.4) is 0 Å². The molecule has 1 aliphatic heterocycles. The Morgan fingerprint density at radius 2 is 1.35 bits per heavy atom. The van der Waals surface area contributed by atoms with Crippen LogP contribution in [-0.2, 0) is 15.6 Å². The summed E-state index contributed by atoms with van der Waals surface area (Å²) in [6, 6.07) is 5.91. The quantitative estimate of drug-likeness (QED) is 0.645. The molecule has 1 fully saturated rings. The van der Waals surface area contributed by atoms with Gasteiger partial charge in [-0.25, -0.2) is 0 Å². The molecular weight excluding hydrogens is 336 g/mol. The Kier molecular flexibility index (Phi) is 6.05. The molecule has 148 valence electrons. The third-order valence-electron chi connectivity index (χ3n) is 4.74. The number of aliphatic hydroxyl groups excluding tert-OH is 4. The Morgan fingerprint density at radius 1 is 0.846 bits per heavy atom. The molecule has 26 heavy (non-hydrogen) atoms. The zero-order valence-electron chi connectivity index (χ0n) is 16.4. The van der Waals surface area contributed by atoms with Crippen LogP contribution >= 0.6 is 0 Å². The van der Waals surface area contributed by atoms with Crippen molar-refractivity contribution in [2.75, 3.05) is 6.61 Å². The van der Waals surface area contributed by atoms with E-state index in [0.29, 0.717) is 5.75 Å². The van der Waals surface area contributed by atoms with Crippen LogP contribution in [0.4, 0.5) is 0 Å². The third kappa shape index (κ3) is 4.56. The summed E-state index contributed by atoms with van der Waals surface area (Å²) in [4.78, 5) is 0. The molecule has 0 aliphatic carbocycles. The molecular formula is C20H32O6. The molecule has 6 nitrogen and oxygen atoms in total. The normalized spacial score (nSPS) is 30.3. The van der Waals surface area contributed by atoms with Crippen molar-refractivity contribution in [2.45, 2.75) is 83.1 Å². The molecule has 1 saturated heterocycles. The lowest BCUT2D eigenvalue weighted by atomic mass is 9.80. The zero-order chi connectivity index (χ0) is 19.9. The summed E-state index contributed by atoms with van der Waals surface area (Å²) >= 11 is 0. The van der Waals surface area contributed by atoms with Crippen molar-refractivity contribution in [3.63, 3.8) is 0 Å². The van der Waals surface area contributed by atoms with E-state index in [4.69, 9.17) is 9.47 Å². The fourth-order valence-electron chi connectivity index (χ4n) is 2.83. The van der Waals surface area contributed by atoms with Crippen LogP contribution in [0, 0.1) is 0 Å². The maximum Gasteiger partial charge on any atom is 0.229 e. The molecule has 0 amide bonds. The Bertz CT molecular complexity index is 581. The van der Waals surface area contributed by atoms with E-state index in [9.17, 15) is 20.4 Å². The lowest BCUT2D eigenvalue weighted by Crippen LogP contribution is -2.60. The van der Waals surface area contributed by atoms with E-state index >= 15 is 0 Å². The van der Waals surface area contributed by atoms with Crippen molar-refractivity contribution in [1.29, 1.82) is 0 Å². The minimum atomic E-state index is -1.46. The van der Waals surface area contributed by atoms with Crippen LogP contribution in [0.1, 0.15) is 52.7 Å². The molecule has 0 aromatic heterocycles. The summed E-state index contributed by atoms with van der Waals surface area (Å²) in [5.74, 6) is 0.506. The highest BCUT2D eigenvalue weighted by molar-refractivity contribution is 5.40. The standard InChI is InChI=1S/C20H32O6/c1-19(2,3)11-7-12(20(4,5)6)9-13(8-11)25-18-17(24)16(23)15(22)14(10-21)26-18/h7-9,14-18,21-24H,10H2,1-6H3/t14-,15-,16+,17-,18-/m1/s1. The SMILES string of the molecule is CC(C)(C)c1cc(O[C@@H]2O[C@H](CO)[C@@H](O)[C@H](O)[C@H]2O)cc(C(C)(C)C)c1. The van der Waals surface area contributed by atoms with Crippen LogP contribution in [0.25, 0.3) is 0 Å². The van der Waals surface area contributed by atoms with Gasteiger partial charge in [0.2, 0.25) is 6.29 Å². The number of ether oxygens (including phenoxy) is 2. The van der Waals surface area contributed by atoms with Gasteiger partial charge in [-0.15, -0.1) is 0 Å². The molecule has 5 atom stereocenters. The molecule has 0 saturated carbocycles. The maximum atomic E-state index is 10.2. The van der Waals surface area contributed by atoms with Gasteiger partial charge < -0.3 is 29.9 Å². The lowest BCUT2D eigenvalue weighted by Gasteiger charge is -2.39.